The van der Waals surface area contributed by atoms with E-state index in [-0.39, 0.29) is 30.8 Å². The molecule has 0 aliphatic carbocycles. The van der Waals surface area contributed by atoms with Gasteiger partial charge in [0.15, 0.2) is 18.1 Å². The van der Waals surface area contributed by atoms with E-state index in [1.54, 1.807) is 50.3 Å². The number of fused-ring (bicyclic) bond motifs is 14. The lowest BCUT2D eigenvalue weighted by molar-refractivity contribution is -0.143. The van der Waals surface area contributed by atoms with Gasteiger partial charge in [0.25, 0.3) is 5.91 Å². The number of hydrogen-bond acceptors (Lipinski definition) is 8. The van der Waals surface area contributed by atoms with Crippen LogP contribution in [0, 0.1) is 5.92 Å². The summed E-state index contributed by atoms with van der Waals surface area (Å²) in [6.07, 6.45) is 1.82. The molecule has 0 spiro atoms. The van der Waals surface area contributed by atoms with Crippen LogP contribution < -0.4 is 30.2 Å². The Kier molecular flexibility index (Phi) is 10.8. The highest BCUT2D eigenvalue weighted by Crippen LogP contribution is 2.33. The molecule has 1 saturated heterocycles. The molecule has 0 unspecified atom stereocenters. The number of amides is 5. The first-order valence-electron chi connectivity index (χ1n) is 16.4. The third kappa shape index (κ3) is 7.66. The molecular formula is C35H45N5O8. The Morgan fingerprint density at radius 3 is 2.27 bits per heavy atom. The fourth-order valence-electron chi connectivity index (χ4n) is 6.48. The molecule has 6 rings (SSSR count). The minimum Gasteiger partial charge on any atom is -0.493 e. The van der Waals surface area contributed by atoms with Gasteiger partial charge in [-0.25, -0.2) is 0 Å². The Morgan fingerprint density at radius 1 is 0.917 bits per heavy atom. The predicted octanol–water partition coefficient (Wildman–Crippen LogP) is 1.34. The highest BCUT2D eigenvalue weighted by atomic mass is 16.5. The lowest BCUT2D eigenvalue weighted by Crippen LogP contribution is -2.58. The molecule has 4 aliphatic rings. The van der Waals surface area contributed by atoms with Crippen molar-refractivity contribution in [3.63, 3.8) is 0 Å². The van der Waals surface area contributed by atoms with E-state index in [2.05, 4.69) is 16.0 Å². The molecular weight excluding hydrogens is 618 g/mol. The summed E-state index contributed by atoms with van der Waals surface area (Å²) in [6, 6.07) is 7.17. The van der Waals surface area contributed by atoms with E-state index in [1.165, 1.54) is 4.90 Å². The molecule has 2 aromatic carbocycles. The second-order valence-corrected chi connectivity index (χ2v) is 12.9. The second-order valence-electron chi connectivity index (χ2n) is 12.9. The molecule has 4 atom stereocenters. The van der Waals surface area contributed by atoms with Crippen molar-refractivity contribution in [2.75, 3.05) is 33.9 Å². The number of rotatable bonds is 4. The third-order valence-corrected chi connectivity index (χ3v) is 9.22. The van der Waals surface area contributed by atoms with Crippen LogP contribution in [-0.4, -0.2) is 97.4 Å². The molecule has 13 nitrogen and oxygen atoms in total. The highest BCUT2D eigenvalue weighted by Gasteiger charge is 2.40. The van der Waals surface area contributed by atoms with Crippen LogP contribution in [0.25, 0.3) is 0 Å². The number of ether oxygens (including phenoxy) is 3. The van der Waals surface area contributed by atoms with E-state index < -0.39 is 41.9 Å². The van der Waals surface area contributed by atoms with Gasteiger partial charge in [0.05, 0.1) is 14.2 Å². The maximum atomic E-state index is 14.1. The summed E-state index contributed by atoms with van der Waals surface area (Å²) in [4.78, 5) is 70.7. The van der Waals surface area contributed by atoms with Gasteiger partial charge in [-0.2, -0.15) is 0 Å². The zero-order valence-electron chi connectivity index (χ0n) is 28.2. The molecule has 48 heavy (non-hydrogen) atoms. The second kappa shape index (κ2) is 15.0. The summed E-state index contributed by atoms with van der Waals surface area (Å²) in [5, 5.41) is 8.42. The van der Waals surface area contributed by atoms with Crippen molar-refractivity contribution in [2.45, 2.75) is 77.2 Å². The summed E-state index contributed by atoms with van der Waals surface area (Å²) >= 11 is 0. The Hall–Kier alpha value is -4.81. The van der Waals surface area contributed by atoms with Crippen LogP contribution >= 0.6 is 0 Å². The van der Waals surface area contributed by atoms with Gasteiger partial charge in [-0.15, -0.1) is 0 Å². The minimum absolute atomic E-state index is 0.183. The van der Waals surface area contributed by atoms with Crippen molar-refractivity contribution in [3.05, 3.63) is 53.1 Å². The van der Waals surface area contributed by atoms with Gasteiger partial charge < -0.3 is 40.0 Å². The first kappa shape index (κ1) is 34.5. The van der Waals surface area contributed by atoms with E-state index in [1.807, 2.05) is 26.0 Å². The van der Waals surface area contributed by atoms with E-state index in [0.29, 0.717) is 56.1 Å². The average molecular weight is 664 g/mol. The summed E-state index contributed by atoms with van der Waals surface area (Å²) < 4.78 is 16.6. The zero-order valence-corrected chi connectivity index (χ0v) is 28.2. The number of nitrogens with one attached hydrogen (secondary N) is 3. The van der Waals surface area contributed by atoms with Crippen LogP contribution in [0.2, 0.25) is 0 Å². The molecule has 4 aliphatic heterocycles. The van der Waals surface area contributed by atoms with Gasteiger partial charge in [-0.3, -0.25) is 24.0 Å². The molecule has 5 amide bonds. The van der Waals surface area contributed by atoms with Gasteiger partial charge in [0.2, 0.25) is 23.6 Å². The van der Waals surface area contributed by atoms with Crippen LogP contribution in [0.5, 0.6) is 17.2 Å². The SMILES string of the molecule is COc1cc2c(cc1OC)CN(C(=O)[C@@H]1Cc3ccc(cc3)OCC(=O)N[C@@H](C(C)C)C(=O)N3CCC[C@@H]3C(=O)N[C@@H](C)C(=O)N1)CC2. The lowest BCUT2D eigenvalue weighted by atomic mass is 9.97. The number of carbonyl (C=O) groups excluding carboxylic acids is 5. The molecule has 0 radical (unpaired) electrons. The number of hydrogen-bond donors (Lipinski definition) is 3. The van der Waals surface area contributed by atoms with Crippen LogP contribution in [0.3, 0.4) is 0 Å². The fraction of sp³-hybridized carbons (Fsp3) is 0.514. The van der Waals surface area contributed by atoms with Crippen molar-refractivity contribution in [1.82, 2.24) is 25.8 Å². The number of methoxy groups -OCH3 is 2. The fourth-order valence-corrected chi connectivity index (χ4v) is 6.48. The molecule has 4 heterocycles. The Labute approximate surface area is 280 Å². The molecule has 1 fully saturated rings. The Bertz CT molecular complexity index is 1540. The summed E-state index contributed by atoms with van der Waals surface area (Å²) in [5.41, 5.74) is 2.74. The Balaban J connectivity index is 1.40. The van der Waals surface area contributed by atoms with Gasteiger partial charge in [-0.1, -0.05) is 26.0 Å². The summed E-state index contributed by atoms with van der Waals surface area (Å²) in [6.45, 7) is 6.02. The van der Waals surface area contributed by atoms with E-state index >= 15 is 0 Å². The molecule has 0 aromatic heterocycles. The number of carbonyl (C=O) groups is 5. The molecule has 0 saturated carbocycles. The number of nitrogens with zero attached hydrogens (tertiary/aromatic N) is 2. The average Bonchev–Trinajstić information content (AvgIpc) is 3.58. The van der Waals surface area contributed by atoms with Crippen LogP contribution in [0.15, 0.2) is 36.4 Å². The van der Waals surface area contributed by atoms with Crippen LogP contribution in [0.4, 0.5) is 0 Å². The topological polar surface area (TPSA) is 156 Å². The minimum atomic E-state index is -0.984. The van der Waals surface area contributed by atoms with Gasteiger partial charge in [0, 0.05) is 26.1 Å². The van der Waals surface area contributed by atoms with Gasteiger partial charge >= 0.3 is 0 Å². The van der Waals surface area contributed by atoms with Crippen molar-refractivity contribution in [2.24, 2.45) is 5.92 Å². The van der Waals surface area contributed by atoms with E-state index in [9.17, 15) is 24.0 Å². The van der Waals surface area contributed by atoms with E-state index in [0.717, 1.165) is 16.7 Å². The van der Waals surface area contributed by atoms with E-state index in [4.69, 9.17) is 14.2 Å². The van der Waals surface area contributed by atoms with Crippen molar-refractivity contribution in [1.29, 1.82) is 0 Å². The monoisotopic (exact) mass is 663 g/mol. The van der Waals surface area contributed by atoms with Gasteiger partial charge in [0.1, 0.15) is 29.9 Å². The predicted molar refractivity (Wildman–Crippen MR) is 175 cm³/mol. The smallest absolute Gasteiger partial charge is 0.258 e. The normalized spacial score (nSPS) is 23.9. The molecule has 258 valence electrons. The molecule has 3 N–H and O–H groups in total. The van der Waals surface area contributed by atoms with Crippen molar-refractivity contribution in [3.8, 4) is 17.2 Å². The summed E-state index contributed by atoms with van der Waals surface area (Å²) in [5.74, 6) is -0.688. The van der Waals surface area contributed by atoms with Crippen LogP contribution in [0.1, 0.15) is 50.3 Å². The maximum Gasteiger partial charge on any atom is 0.258 e. The number of benzene rings is 2. The highest BCUT2D eigenvalue weighted by molar-refractivity contribution is 5.96. The van der Waals surface area contributed by atoms with Crippen LogP contribution in [-0.2, 0) is 43.4 Å². The van der Waals surface area contributed by atoms with Crippen molar-refractivity contribution >= 4 is 29.5 Å². The first-order chi connectivity index (χ1) is 23.0. The molecule has 2 aromatic rings. The summed E-state index contributed by atoms with van der Waals surface area (Å²) in [7, 11) is 3.14. The Morgan fingerprint density at radius 2 is 1.60 bits per heavy atom. The quantitative estimate of drug-likeness (QED) is 0.443. The third-order valence-electron chi connectivity index (χ3n) is 9.22. The maximum absolute atomic E-state index is 14.1. The zero-order chi connectivity index (χ0) is 34.5. The largest absolute Gasteiger partial charge is 0.493 e. The van der Waals surface area contributed by atoms with Gasteiger partial charge in [-0.05, 0) is 73.1 Å². The lowest BCUT2D eigenvalue weighted by Gasteiger charge is -2.33. The molecule has 2 bridgehead atoms. The first-order valence-corrected chi connectivity index (χ1v) is 16.4. The standard InChI is InChI=1S/C35H45N5O8/c1-20(2)31-35(45)40-13-6-7-27(40)33(43)36-21(3)32(42)37-26(15-22-8-10-25(11-9-22)48-19-30(41)38-31)34(44)39-14-12-23-16-28(46-4)29(47-5)17-24(23)18-39/h8-11,16-17,20-21,26-27,31H,6-7,12-15,18-19H2,1-5H3,(H,36,43)(H,37,42)(H,38,41)/t21-,26-,27+,31-/m0/s1. The molecule has 13 heteroatoms. The van der Waals surface area contributed by atoms with Crippen molar-refractivity contribution < 1.29 is 38.2 Å².